The first kappa shape index (κ1) is 52.5. The van der Waals surface area contributed by atoms with E-state index in [9.17, 15) is 28.8 Å². The summed E-state index contributed by atoms with van der Waals surface area (Å²) in [5.41, 5.74) is 3.66. The smallest absolute Gasteiger partial charge is 0.258 e. The van der Waals surface area contributed by atoms with Crippen LogP contribution in [0.4, 0.5) is 34.1 Å². The largest absolute Gasteiger partial charge is 0.497 e. The number of ether oxygens (including phenoxy) is 2. The van der Waals surface area contributed by atoms with Crippen molar-refractivity contribution in [1.82, 2.24) is 0 Å². The zero-order chi connectivity index (χ0) is 49.5. The van der Waals surface area contributed by atoms with Gasteiger partial charge < -0.3 is 30.7 Å². The molecule has 0 aromatic heterocycles. The number of halogens is 5. The lowest BCUT2D eigenvalue weighted by molar-refractivity contribution is -0.127. The predicted octanol–water partition coefficient (Wildman–Crippen LogP) is 11.2. The Morgan fingerprint density at radius 2 is 1.00 bits per heavy atom. The molecule has 0 aliphatic carbocycles. The summed E-state index contributed by atoms with van der Waals surface area (Å²) in [6.45, 7) is 2.30. The van der Waals surface area contributed by atoms with Crippen molar-refractivity contribution < 1.29 is 38.2 Å². The Hall–Kier alpha value is -6.43. The number of carbonyl (C=O) groups is 6. The van der Waals surface area contributed by atoms with E-state index in [2.05, 4.69) is 41.7 Å². The molecule has 0 saturated carbocycles. The molecule has 68 heavy (non-hydrogen) atoms. The van der Waals surface area contributed by atoms with Gasteiger partial charge in [0.1, 0.15) is 22.9 Å². The predicted molar refractivity (Wildman–Crippen MR) is 265 cm³/mol. The number of carbonyl (C=O) groups excluding carboxylic acids is 6. The SMILES string of the molecule is COc1cc(CCCl)cc(NC(=O)c2ccc(Cl)c(N=NC(C(C)=O)C(=O)Nc3ccc(NC(=O)C(N=Nc4cc(C(=O)Nc5cc(CCCl)cc(OC)c5)ccc4Cl)C(C)=O)c(CCl)c3)c2)c1. The standard InChI is InChI=1S/C47H43Cl5N8O8/c1-25(61)42(59-57-40-20-29(5-8-37(40)51)44(63)54-33-15-27(11-13-48)17-35(22-33)67-3)46(65)53-32-7-10-39(31(19-32)24-50)56-47(66)43(26(2)62)60-58-41-21-30(6-9-38(41)52)45(64)55-34-16-28(12-14-49)18-36(23-34)68-4/h5-10,15-23,42-43H,11-14,24H2,1-4H3,(H,53,65)(H,54,63)(H,55,64)(H,56,66). The van der Waals surface area contributed by atoms with Crippen LogP contribution in [0.25, 0.3) is 0 Å². The molecule has 4 N–H and O–H groups in total. The normalized spacial score (nSPS) is 12.0. The molecular formula is C47H43Cl5N8O8. The summed E-state index contributed by atoms with van der Waals surface area (Å²) in [7, 11) is 3.01. The van der Waals surface area contributed by atoms with Gasteiger partial charge in [-0.25, -0.2) is 0 Å². The summed E-state index contributed by atoms with van der Waals surface area (Å²) < 4.78 is 10.7. The minimum Gasteiger partial charge on any atom is -0.497 e. The van der Waals surface area contributed by atoms with Gasteiger partial charge in [-0.2, -0.15) is 20.5 Å². The van der Waals surface area contributed by atoms with Crippen LogP contribution >= 0.6 is 58.0 Å². The molecule has 0 fully saturated rings. The van der Waals surface area contributed by atoms with Crippen LogP contribution in [0.2, 0.25) is 10.0 Å². The average molecular weight is 1030 g/mol. The number of aryl methyl sites for hydroxylation is 2. The molecule has 5 rings (SSSR count). The van der Waals surface area contributed by atoms with E-state index in [0.717, 1.165) is 25.0 Å². The summed E-state index contributed by atoms with van der Waals surface area (Å²) >= 11 is 30.8. The third kappa shape index (κ3) is 14.5. The number of amides is 4. The number of ketones is 2. The second-order valence-electron chi connectivity index (χ2n) is 14.7. The van der Waals surface area contributed by atoms with Crippen LogP contribution in [-0.4, -0.2) is 73.3 Å². The van der Waals surface area contributed by atoms with E-state index in [0.29, 0.717) is 53.0 Å². The van der Waals surface area contributed by atoms with E-state index in [1.807, 2.05) is 12.1 Å². The van der Waals surface area contributed by atoms with E-state index in [4.69, 9.17) is 67.5 Å². The summed E-state index contributed by atoms with van der Waals surface area (Å²) in [6.07, 6.45) is 1.11. The molecule has 21 heteroatoms. The van der Waals surface area contributed by atoms with Crippen molar-refractivity contribution in [3.8, 4) is 11.5 Å². The topological polar surface area (TPSA) is 218 Å². The molecule has 4 amide bonds. The lowest BCUT2D eigenvalue weighted by atomic mass is 10.1. The van der Waals surface area contributed by atoms with Gasteiger partial charge in [0.05, 0.1) is 24.3 Å². The Balaban J connectivity index is 1.26. The van der Waals surface area contributed by atoms with Crippen molar-refractivity contribution in [2.75, 3.05) is 47.2 Å². The third-order valence-corrected chi connectivity index (χ3v) is 11.0. The fourth-order valence-electron chi connectivity index (χ4n) is 6.27. The minimum atomic E-state index is -1.64. The lowest BCUT2D eigenvalue weighted by Crippen LogP contribution is -2.32. The molecule has 0 aliphatic heterocycles. The number of alkyl halides is 3. The molecule has 5 aromatic carbocycles. The molecule has 0 bridgehead atoms. The number of hydrogen-bond donors (Lipinski definition) is 4. The summed E-state index contributed by atoms with van der Waals surface area (Å²) in [5, 5.41) is 27.0. The molecule has 2 unspecified atom stereocenters. The van der Waals surface area contributed by atoms with Gasteiger partial charge >= 0.3 is 0 Å². The number of methoxy groups -OCH3 is 2. The van der Waals surface area contributed by atoms with Gasteiger partial charge in [-0.3, -0.25) is 28.8 Å². The number of anilines is 4. The zero-order valence-corrected chi connectivity index (χ0v) is 40.6. The molecule has 0 saturated heterocycles. The average Bonchev–Trinajstić information content (AvgIpc) is 3.30. The highest BCUT2D eigenvalue weighted by atomic mass is 35.5. The number of nitrogens with zero attached hydrogens (tertiary/aromatic N) is 4. The highest BCUT2D eigenvalue weighted by molar-refractivity contribution is 6.33. The molecular weight excluding hydrogens is 982 g/mol. The van der Waals surface area contributed by atoms with Gasteiger partial charge in [-0.1, -0.05) is 23.2 Å². The number of nitrogens with one attached hydrogen (secondary N) is 4. The van der Waals surface area contributed by atoms with Crippen molar-refractivity contribution in [3.05, 3.63) is 129 Å². The van der Waals surface area contributed by atoms with Crippen LogP contribution in [0.1, 0.15) is 51.3 Å². The van der Waals surface area contributed by atoms with E-state index >= 15 is 0 Å². The second-order valence-corrected chi connectivity index (χ2v) is 16.5. The molecule has 0 radical (unpaired) electrons. The lowest BCUT2D eigenvalue weighted by Gasteiger charge is -2.15. The first-order valence-corrected chi connectivity index (χ1v) is 22.7. The van der Waals surface area contributed by atoms with Crippen molar-refractivity contribution in [2.24, 2.45) is 20.5 Å². The van der Waals surface area contributed by atoms with Crippen molar-refractivity contribution in [1.29, 1.82) is 0 Å². The molecule has 16 nitrogen and oxygen atoms in total. The van der Waals surface area contributed by atoms with E-state index < -0.39 is 47.3 Å². The summed E-state index contributed by atoms with van der Waals surface area (Å²) in [6, 6.07) is 20.0. The van der Waals surface area contributed by atoms with Crippen LogP contribution in [0.15, 0.2) is 111 Å². The van der Waals surface area contributed by atoms with Crippen molar-refractivity contribution in [3.63, 3.8) is 0 Å². The number of benzene rings is 5. The highest BCUT2D eigenvalue weighted by Crippen LogP contribution is 2.31. The molecule has 354 valence electrons. The quantitative estimate of drug-likeness (QED) is 0.0314. The Morgan fingerprint density at radius 1 is 0.544 bits per heavy atom. The fourth-order valence-corrected chi connectivity index (χ4v) is 7.24. The van der Waals surface area contributed by atoms with E-state index in [1.54, 1.807) is 24.3 Å². The van der Waals surface area contributed by atoms with Crippen LogP contribution in [0.5, 0.6) is 11.5 Å². The number of azo groups is 2. The van der Waals surface area contributed by atoms with Gasteiger partial charge in [0.2, 0.25) is 12.1 Å². The van der Waals surface area contributed by atoms with Crippen LogP contribution in [0, 0.1) is 0 Å². The van der Waals surface area contributed by atoms with Crippen LogP contribution in [0.3, 0.4) is 0 Å². The van der Waals surface area contributed by atoms with Gasteiger partial charge in [-0.05, 0) is 122 Å². The van der Waals surface area contributed by atoms with Crippen LogP contribution < -0.4 is 30.7 Å². The first-order chi connectivity index (χ1) is 32.5. The number of Topliss-reactive ketones (excluding diaryl/α,β-unsaturated/α-hetero) is 2. The van der Waals surface area contributed by atoms with E-state index in [-0.39, 0.29) is 49.8 Å². The van der Waals surface area contributed by atoms with Gasteiger partial charge in [0, 0.05) is 63.6 Å². The van der Waals surface area contributed by atoms with Crippen molar-refractivity contribution in [2.45, 2.75) is 44.7 Å². The molecule has 0 aliphatic rings. The Labute approximate surface area is 416 Å². The number of rotatable bonds is 21. The molecule has 0 spiro atoms. The van der Waals surface area contributed by atoms with Gasteiger partial charge in [0.25, 0.3) is 23.6 Å². The van der Waals surface area contributed by atoms with Gasteiger partial charge in [-0.15, -0.1) is 34.8 Å². The van der Waals surface area contributed by atoms with Crippen molar-refractivity contribution >= 4 is 127 Å². The molecule has 2 atom stereocenters. The van der Waals surface area contributed by atoms with Crippen LogP contribution in [-0.2, 0) is 37.9 Å². The summed E-state index contributed by atoms with van der Waals surface area (Å²) in [5.74, 6) is -2.41. The zero-order valence-electron chi connectivity index (χ0n) is 36.8. The maximum absolute atomic E-state index is 13.5. The fraction of sp³-hybridized carbons (Fsp3) is 0.234. The van der Waals surface area contributed by atoms with E-state index in [1.165, 1.54) is 68.8 Å². The second kappa shape index (κ2) is 25.1. The molecule has 5 aromatic rings. The monoisotopic (exact) mass is 1020 g/mol. The highest BCUT2D eigenvalue weighted by Gasteiger charge is 2.26. The summed E-state index contributed by atoms with van der Waals surface area (Å²) in [4.78, 5) is 78.6. The molecule has 0 heterocycles. The maximum atomic E-state index is 13.5. The number of hydrogen-bond acceptors (Lipinski definition) is 12. The Kier molecular flexibility index (Phi) is 19.4. The van der Waals surface area contributed by atoms with Gasteiger partial charge in [0.15, 0.2) is 11.6 Å². The Bertz CT molecular complexity index is 2790. The Morgan fingerprint density at radius 3 is 1.41 bits per heavy atom. The first-order valence-electron chi connectivity index (χ1n) is 20.4. The third-order valence-electron chi connectivity index (χ3n) is 9.71. The minimum absolute atomic E-state index is 0.0127. The maximum Gasteiger partial charge on any atom is 0.258 e.